The van der Waals surface area contributed by atoms with Crippen LogP contribution in [0.1, 0.15) is 11.5 Å². The van der Waals surface area contributed by atoms with E-state index >= 15 is 0 Å². The summed E-state index contributed by atoms with van der Waals surface area (Å²) in [5.74, 6) is -2.01. The molecule has 8 heteroatoms. The molecule has 2 N–H and O–H groups in total. The summed E-state index contributed by atoms with van der Waals surface area (Å²) in [6, 6.07) is 3.66. The van der Waals surface area contributed by atoms with E-state index in [1.807, 2.05) is 0 Å². The van der Waals surface area contributed by atoms with Gasteiger partial charge in [-0.05, 0) is 24.3 Å². The van der Waals surface area contributed by atoms with Gasteiger partial charge in [0.1, 0.15) is 17.5 Å². The lowest BCUT2D eigenvalue weighted by atomic mass is 10.0. The number of pyridine rings is 1. The summed E-state index contributed by atoms with van der Waals surface area (Å²) in [6.07, 6.45) is 0.981. The molecule has 5 nitrogen and oxygen atoms in total. The second-order valence-electron chi connectivity index (χ2n) is 5.76. The number of hydrogen-bond donors (Lipinski definition) is 2. The largest absolute Gasteiger partial charge is 0.490 e. The van der Waals surface area contributed by atoms with Crippen molar-refractivity contribution in [3.63, 3.8) is 0 Å². The zero-order valence-electron chi connectivity index (χ0n) is 12.2. The predicted molar refractivity (Wildman–Crippen MR) is 78.2 cm³/mol. The molecule has 1 fully saturated rings. The van der Waals surface area contributed by atoms with Crippen molar-refractivity contribution in [2.75, 3.05) is 11.9 Å². The van der Waals surface area contributed by atoms with Gasteiger partial charge >= 0.3 is 6.03 Å². The number of nitrogens with one attached hydrogen (secondary N) is 2. The van der Waals surface area contributed by atoms with Crippen molar-refractivity contribution in [3.8, 4) is 5.75 Å². The summed E-state index contributed by atoms with van der Waals surface area (Å²) in [5, 5.41) is 5.16. The van der Waals surface area contributed by atoms with Crippen LogP contribution in [0.25, 0.3) is 0 Å². The SMILES string of the molecule is O=C(Nc1ccc(F)cn1)N[C@@H]1[C@H]2COc3c(F)ccc(F)c3[C@@H]21. The fraction of sp³-hybridized carbons (Fsp3) is 0.250. The van der Waals surface area contributed by atoms with Crippen molar-refractivity contribution in [1.82, 2.24) is 10.3 Å². The Labute approximate surface area is 134 Å². The summed E-state index contributed by atoms with van der Waals surface area (Å²) >= 11 is 0. The summed E-state index contributed by atoms with van der Waals surface area (Å²) in [7, 11) is 0. The topological polar surface area (TPSA) is 63.2 Å². The minimum atomic E-state index is -0.615. The van der Waals surface area contributed by atoms with Crippen molar-refractivity contribution in [2.45, 2.75) is 12.0 Å². The van der Waals surface area contributed by atoms with Crippen LogP contribution in [-0.2, 0) is 0 Å². The minimum Gasteiger partial charge on any atom is -0.490 e. The van der Waals surface area contributed by atoms with Gasteiger partial charge in [-0.1, -0.05) is 0 Å². The van der Waals surface area contributed by atoms with Gasteiger partial charge in [-0.2, -0.15) is 0 Å². The van der Waals surface area contributed by atoms with Gasteiger partial charge in [0.15, 0.2) is 11.6 Å². The van der Waals surface area contributed by atoms with Crippen LogP contribution < -0.4 is 15.4 Å². The molecule has 0 radical (unpaired) electrons. The average molecular weight is 335 g/mol. The Hall–Kier alpha value is -2.77. The number of nitrogens with zero attached hydrogens (tertiary/aromatic N) is 1. The molecule has 4 rings (SSSR count). The smallest absolute Gasteiger partial charge is 0.320 e. The van der Waals surface area contributed by atoms with Crippen LogP contribution in [0.5, 0.6) is 5.75 Å². The third-order valence-electron chi connectivity index (χ3n) is 4.28. The van der Waals surface area contributed by atoms with E-state index in [0.717, 1.165) is 18.3 Å². The van der Waals surface area contributed by atoms with Crippen LogP contribution in [0.2, 0.25) is 0 Å². The van der Waals surface area contributed by atoms with Gasteiger partial charge in [-0.15, -0.1) is 0 Å². The first-order chi connectivity index (χ1) is 11.5. The van der Waals surface area contributed by atoms with Gasteiger partial charge in [0, 0.05) is 23.4 Å². The molecule has 124 valence electrons. The van der Waals surface area contributed by atoms with E-state index < -0.39 is 23.5 Å². The standard InChI is InChI=1S/C16H12F3N3O2/c17-7-1-4-11(20-5-7)21-16(23)22-14-8-6-24-15-10(19)3-2-9(18)13(15)12(8)14/h1-5,8,12,14H,6H2,(H2,20,21,22,23)/t8-,12+,14+/m0/s1. The molecule has 0 spiro atoms. The van der Waals surface area contributed by atoms with Gasteiger partial charge < -0.3 is 10.1 Å². The maximum Gasteiger partial charge on any atom is 0.320 e. The van der Waals surface area contributed by atoms with E-state index in [-0.39, 0.29) is 41.6 Å². The monoisotopic (exact) mass is 335 g/mol. The fourth-order valence-electron chi connectivity index (χ4n) is 3.11. The number of anilines is 1. The molecule has 0 saturated heterocycles. The Balaban J connectivity index is 1.47. The summed E-state index contributed by atoms with van der Waals surface area (Å²) in [6.45, 7) is 0.206. The Morgan fingerprint density at radius 1 is 1.17 bits per heavy atom. The molecule has 0 bridgehead atoms. The molecule has 3 atom stereocenters. The number of amides is 2. The molecule has 24 heavy (non-hydrogen) atoms. The highest BCUT2D eigenvalue weighted by Gasteiger charge is 2.57. The maximum absolute atomic E-state index is 14.0. The lowest BCUT2D eigenvalue weighted by Crippen LogP contribution is -2.32. The van der Waals surface area contributed by atoms with E-state index in [9.17, 15) is 18.0 Å². The van der Waals surface area contributed by atoms with Gasteiger partial charge in [0.2, 0.25) is 0 Å². The lowest BCUT2D eigenvalue weighted by Gasteiger charge is -2.16. The summed E-state index contributed by atoms with van der Waals surface area (Å²) in [4.78, 5) is 15.7. The molecule has 0 unspecified atom stereocenters. The first-order valence-corrected chi connectivity index (χ1v) is 7.34. The third kappa shape index (κ3) is 2.44. The van der Waals surface area contributed by atoms with Crippen LogP contribution in [0.4, 0.5) is 23.8 Å². The number of urea groups is 1. The molecule has 2 aromatic rings. The number of carbonyl (C=O) groups excluding carboxylic acids is 1. The van der Waals surface area contributed by atoms with Crippen LogP contribution in [0.15, 0.2) is 30.5 Å². The molecule has 1 saturated carbocycles. The summed E-state index contributed by atoms with van der Waals surface area (Å²) < 4.78 is 45.8. The zero-order chi connectivity index (χ0) is 16.8. The van der Waals surface area contributed by atoms with E-state index in [2.05, 4.69) is 15.6 Å². The molecule has 1 aliphatic carbocycles. The second-order valence-corrected chi connectivity index (χ2v) is 5.76. The van der Waals surface area contributed by atoms with Crippen molar-refractivity contribution in [2.24, 2.45) is 5.92 Å². The molecular weight excluding hydrogens is 323 g/mol. The molecule has 1 aromatic heterocycles. The number of aromatic nitrogens is 1. The predicted octanol–water partition coefficient (Wildman–Crippen LogP) is 2.80. The van der Waals surface area contributed by atoms with Gasteiger partial charge in [-0.25, -0.2) is 22.9 Å². The maximum atomic E-state index is 14.0. The van der Waals surface area contributed by atoms with E-state index in [0.29, 0.717) is 0 Å². The third-order valence-corrected chi connectivity index (χ3v) is 4.28. The first-order valence-electron chi connectivity index (χ1n) is 7.34. The average Bonchev–Trinajstić information content (AvgIpc) is 3.26. The quantitative estimate of drug-likeness (QED) is 0.887. The fourth-order valence-corrected chi connectivity index (χ4v) is 3.11. The first kappa shape index (κ1) is 14.8. The number of hydrogen-bond acceptors (Lipinski definition) is 3. The number of benzene rings is 1. The van der Waals surface area contributed by atoms with Crippen LogP contribution in [-0.4, -0.2) is 23.7 Å². The van der Waals surface area contributed by atoms with Crippen LogP contribution in [0.3, 0.4) is 0 Å². The Bertz CT molecular complexity index is 813. The molecule has 2 aliphatic rings. The number of rotatable bonds is 2. The Morgan fingerprint density at radius 3 is 2.71 bits per heavy atom. The van der Waals surface area contributed by atoms with Crippen molar-refractivity contribution in [3.05, 3.63) is 53.5 Å². The Kier molecular flexibility index (Phi) is 3.33. The lowest BCUT2D eigenvalue weighted by molar-refractivity contribution is 0.247. The molecule has 2 amide bonds. The van der Waals surface area contributed by atoms with E-state index in [1.54, 1.807) is 0 Å². The van der Waals surface area contributed by atoms with Crippen LogP contribution >= 0.6 is 0 Å². The van der Waals surface area contributed by atoms with Gasteiger partial charge in [0.05, 0.1) is 12.8 Å². The van der Waals surface area contributed by atoms with Gasteiger partial charge in [0.25, 0.3) is 0 Å². The highest BCUT2D eigenvalue weighted by Crippen LogP contribution is 2.55. The number of halogens is 3. The number of fused-ring (bicyclic) bond motifs is 3. The van der Waals surface area contributed by atoms with E-state index in [4.69, 9.17) is 4.74 Å². The number of carbonyl (C=O) groups is 1. The van der Waals surface area contributed by atoms with Crippen molar-refractivity contribution >= 4 is 11.8 Å². The van der Waals surface area contributed by atoms with Crippen LogP contribution in [0, 0.1) is 23.4 Å². The van der Waals surface area contributed by atoms with Crippen molar-refractivity contribution in [1.29, 1.82) is 0 Å². The zero-order valence-corrected chi connectivity index (χ0v) is 12.2. The molecule has 1 aliphatic heterocycles. The highest BCUT2D eigenvalue weighted by molar-refractivity contribution is 5.88. The van der Waals surface area contributed by atoms with Gasteiger partial charge in [-0.3, -0.25) is 5.32 Å². The summed E-state index contributed by atoms with van der Waals surface area (Å²) in [5.41, 5.74) is 0.163. The molecule has 1 aromatic carbocycles. The minimum absolute atomic E-state index is 0.0823. The van der Waals surface area contributed by atoms with Crippen molar-refractivity contribution < 1.29 is 22.7 Å². The Morgan fingerprint density at radius 2 is 1.96 bits per heavy atom. The normalized spacial score (nSPS) is 23.5. The highest BCUT2D eigenvalue weighted by atomic mass is 19.1. The number of ether oxygens (including phenoxy) is 1. The second kappa shape index (κ2) is 5.40. The van der Waals surface area contributed by atoms with E-state index in [1.165, 1.54) is 12.1 Å². The molecule has 2 heterocycles. The molecular formula is C16H12F3N3O2.